The highest BCUT2D eigenvalue weighted by molar-refractivity contribution is 8.46. The molecule has 216 valence electrons. The predicted molar refractivity (Wildman–Crippen MR) is 141 cm³/mol. The molecule has 6 nitrogen and oxygen atoms in total. The van der Waals surface area contributed by atoms with Crippen molar-refractivity contribution >= 4 is 22.1 Å². The number of ether oxygens (including phenoxy) is 1. The van der Waals surface area contributed by atoms with Crippen LogP contribution in [0.2, 0.25) is 0 Å². The number of carbonyl (C=O) groups excluding carboxylic acids is 2. The van der Waals surface area contributed by atoms with Crippen LogP contribution in [0.1, 0.15) is 23.6 Å². The van der Waals surface area contributed by atoms with Gasteiger partial charge >= 0.3 is 5.97 Å². The summed E-state index contributed by atoms with van der Waals surface area (Å²) < 4.78 is 78.4. The van der Waals surface area contributed by atoms with Crippen LogP contribution in [0.3, 0.4) is 0 Å². The summed E-state index contributed by atoms with van der Waals surface area (Å²) >= 11 is 0. The molecule has 12 heteroatoms. The van der Waals surface area contributed by atoms with E-state index in [2.05, 4.69) is 0 Å². The van der Waals surface area contributed by atoms with E-state index >= 15 is 0 Å². The van der Waals surface area contributed by atoms with Crippen molar-refractivity contribution in [2.75, 3.05) is 6.61 Å². The molecule has 3 aromatic rings. The van der Waals surface area contributed by atoms with E-state index in [9.17, 15) is 29.0 Å². The SMILES string of the molecule is CCOC(=O)[C@@H]1[C@H](S(F)(F)(F)(F)F)[C@@H](C(=O)N(Cc2ccccc2)Cc2ccccc2)ON1Cc1ccccc1. The number of benzene rings is 3. The molecule has 3 atom stereocenters. The highest BCUT2D eigenvalue weighted by atomic mass is 32.5. The first-order chi connectivity index (χ1) is 18.8. The first-order valence-corrected chi connectivity index (χ1v) is 14.5. The van der Waals surface area contributed by atoms with Crippen LogP contribution in [0.4, 0.5) is 19.4 Å². The molecule has 1 amide bonds. The molecule has 0 N–H and O–H groups in total. The number of hydroxylamine groups is 2. The van der Waals surface area contributed by atoms with Crippen molar-refractivity contribution in [3.63, 3.8) is 0 Å². The Labute approximate surface area is 229 Å². The minimum Gasteiger partial charge on any atom is -0.465 e. The van der Waals surface area contributed by atoms with E-state index in [4.69, 9.17) is 9.57 Å². The second-order valence-electron chi connectivity index (χ2n) is 9.44. The standard InChI is InChI=1S/C28H29F5N2O4S/c1-2-38-28(37)24-26(40(29,30,31,32)33)25(39-35(24)20-23-16-10-5-11-17-23)27(36)34(18-21-12-6-3-7-13-21)19-22-14-8-4-9-15-22/h3-17,24-26H,2,18-20H2,1H3/t24-,25-,26-/m0/s1. The van der Waals surface area contributed by atoms with Crippen molar-refractivity contribution < 1.29 is 38.6 Å². The fourth-order valence-corrected chi connectivity index (χ4v) is 6.01. The van der Waals surface area contributed by atoms with E-state index in [-0.39, 0.29) is 19.7 Å². The molecule has 40 heavy (non-hydrogen) atoms. The fourth-order valence-electron chi connectivity index (χ4n) is 4.64. The minimum absolute atomic E-state index is 0.176. The van der Waals surface area contributed by atoms with Crippen molar-refractivity contribution in [1.82, 2.24) is 9.96 Å². The lowest BCUT2D eigenvalue weighted by atomic mass is 10.1. The Balaban J connectivity index is 1.78. The number of nitrogens with zero attached hydrogens (tertiary/aromatic N) is 2. The summed E-state index contributed by atoms with van der Waals surface area (Å²) in [5.74, 6) is -2.87. The molecule has 1 aliphatic heterocycles. The quantitative estimate of drug-likeness (QED) is 0.198. The van der Waals surface area contributed by atoms with Gasteiger partial charge in [-0.05, 0) is 23.6 Å². The topological polar surface area (TPSA) is 59.1 Å². The number of hydrogen-bond acceptors (Lipinski definition) is 5. The van der Waals surface area contributed by atoms with Gasteiger partial charge in [-0.3, -0.25) is 14.4 Å². The summed E-state index contributed by atoms with van der Waals surface area (Å²) in [7, 11) is -10.6. The second kappa shape index (κ2) is 10.8. The van der Waals surface area contributed by atoms with Crippen LogP contribution in [-0.2, 0) is 38.8 Å². The Kier molecular flexibility index (Phi) is 7.99. The van der Waals surface area contributed by atoms with E-state index < -0.39 is 46.0 Å². The number of carbonyl (C=O) groups is 2. The number of amides is 1. The fraction of sp³-hybridized carbons (Fsp3) is 0.286. The van der Waals surface area contributed by atoms with Crippen LogP contribution in [0.25, 0.3) is 0 Å². The van der Waals surface area contributed by atoms with E-state index in [1.807, 2.05) is 0 Å². The lowest BCUT2D eigenvalue weighted by molar-refractivity contribution is -0.194. The maximum absolute atomic E-state index is 14.7. The third kappa shape index (κ3) is 7.18. The molecule has 0 unspecified atom stereocenters. The summed E-state index contributed by atoms with van der Waals surface area (Å²) in [6, 6.07) is 22.1. The summed E-state index contributed by atoms with van der Waals surface area (Å²) in [5.41, 5.74) is 1.52. The Hall–Kier alpha value is -3.48. The Morgan fingerprint density at radius 1 is 0.800 bits per heavy atom. The summed E-state index contributed by atoms with van der Waals surface area (Å²) in [6.07, 6.45) is -2.72. The third-order valence-electron chi connectivity index (χ3n) is 6.38. The number of hydrogen-bond donors (Lipinski definition) is 0. The van der Waals surface area contributed by atoms with Gasteiger partial charge in [0.05, 0.1) is 13.2 Å². The molecular formula is C28H29F5N2O4S. The molecule has 1 fully saturated rings. The lowest BCUT2D eigenvalue weighted by Gasteiger charge is -2.48. The van der Waals surface area contributed by atoms with Crippen LogP contribution in [0, 0.1) is 0 Å². The smallest absolute Gasteiger partial charge is 0.327 e. The Bertz CT molecular complexity index is 1270. The zero-order valence-electron chi connectivity index (χ0n) is 21.5. The molecule has 0 aliphatic carbocycles. The highest BCUT2D eigenvalue weighted by Gasteiger charge is 2.80. The second-order valence-corrected chi connectivity index (χ2v) is 12.0. The van der Waals surface area contributed by atoms with Crippen LogP contribution < -0.4 is 0 Å². The van der Waals surface area contributed by atoms with Crippen LogP contribution in [-0.4, -0.2) is 45.8 Å². The Morgan fingerprint density at radius 3 is 1.68 bits per heavy atom. The van der Waals surface area contributed by atoms with Gasteiger partial charge in [-0.1, -0.05) is 110 Å². The van der Waals surface area contributed by atoms with Gasteiger partial charge in [-0.15, -0.1) is 0 Å². The molecule has 1 aliphatic rings. The maximum Gasteiger partial charge on any atom is 0.327 e. The zero-order chi connectivity index (χ0) is 29.0. The van der Waals surface area contributed by atoms with Gasteiger partial charge in [0.2, 0.25) is 0 Å². The molecule has 0 spiro atoms. The summed E-state index contributed by atoms with van der Waals surface area (Å²) in [4.78, 5) is 33.1. The van der Waals surface area contributed by atoms with Crippen LogP contribution >= 0.6 is 10.2 Å². The zero-order valence-corrected chi connectivity index (χ0v) is 22.4. The maximum atomic E-state index is 14.7. The number of rotatable bonds is 10. The van der Waals surface area contributed by atoms with Gasteiger partial charge in [0.25, 0.3) is 16.1 Å². The van der Waals surface area contributed by atoms with Crippen molar-refractivity contribution in [2.45, 2.75) is 44.0 Å². The number of halogens is 5. The first kappa shape index (κ1) is 29.5. The van der Waals surface area contributed by atoms with E-state index in [0.29, 0.717) is 21.8 Å². The van der Waals surface area contributed by atoms with E-state index in [1.165, 1.54) is 19.1 Å². The monoisotopic (exact) mass is 584 g/mol. The molecular weight excluding hydrogens is 555 g/mol. The summed E-state index contributed by atoms with van der Waals surface area (Å²) in [6.45, 7) is 0.173. The van der Waals surface area contributed by atoms with Crippen molar-refractivity contribution in [1.29, 1.82) is 0 Å². The van der Waals surface area contributed by atoms with Gasteiger partial charge < -0.3 is 9.64 Å². The van der Waals surface area contributed by atoms with Gasteiger partial charge in [0.15, 0.2) is 17.4 Å². The molecule has 0 saturated carbocycles. The minimum atomic E-state index is -10.6. The third-order valence-corrected chi connectivity index (χ3v) is 7.91. The molecule has 4 rings (SSSR count). The van der Waals surface area contributed by atoms with Gasteiger partial charge in [0, 0.05) is 13.1 Å². The van der Waals surface area contributed by atoms with E-state index in [0.717, 1.165) is 4.90 Å². The first-order valence-electron chi connectivity index (χ1n) is 12.5. The van der Waals surface area contributed by atoms with Crippen LogP contribution in [0.5, 0.6) is 0 Å². The molecule has 3 aromatic carbocycles. The average molecular weight is 585 g/mol. The average Bonchev–Trinajstić information content (AvgIpc) is 3.30. The summed E-state index contributed by atoms with van der Waals surface area (Å²) in [5, 5.41) is -3.23. The van der Waals surface area contributed by atoms with Crippen molar-refractivity contribution in [2.24, 2.45) is 0 Å². The molecule has 1 heterocycles. The van der Waals surface area contributed by atoms with Gasteiger partial charge in [-0.25, -0.2) is 0 Å². The van der Waals surface area contributed by atoms with Crippen molar-refractivity contribution in [3.8, 4) is 0 Å². The van der Waals surface area contributed by atoms with Gasteiger partial charge in [-0.2, -0.15) is 5.06 Å². The predicted octanol–water partition coefficient (Wildman–Crippen LogP) is 6.63. The van der Waals surface area contributed by atoms with Crippen molar-refractivity contribution in [3.05, 3.63) is 108 Å². The van der Waals surface area contributed by atoms with Gasteiger partial charge in [0.1, 0.15) is 0 Å². The largest absolute Gasteiger partial charge is 0.465 e. The Morgan fingerprint density at radius 2 is 1.25 bits per heavy atom. The number of esters is 1. The molecule has 0 radical (unpaired) electrons. The molecule has 0 aromatic heterocycles. The van der Waals surface area contributed by atoms with E-state index in [1.54, 1.807) is 78.9 Å². The molecule has 1 saturated heterocycles. The van der Waals surface area contributed by atoms with Crippen LogP contribution in [0.15, 0.2) is 91.0 Å². The highest BCUT2D eigenvalue weighted by Crippen LogP contribution is 3.01. The molecule has 0 bridgehead atoms. The lowest BCUT2D eigenvalue weighted by Crippen LogP contribution is -2.52. The normalized spacial score (nSPS) is 21.3.